The first-order valence-corrected chi connectivity index (χ1v) is 12.3. The van der Waals surface area contributed by atoms with Gasteiger partial charge in [0.25, 0.3) is 0 Å². The molecule has 3 aromatic rings. The molecule has 3 N–H and O–H groups in total. The number of sulfone groups is 1. The standard InChI is InChI=1S/C21H26N6O4S/c1-11-8-30-9-12-10-31-16-17(21(2,3)32(4,28)29)25-19(26-20(16)27(11)12)15-13-5-6-23-18(13)24-7-14(15)22/h5-7,11-12H,8-10,22H2,1-4H3,(H,23,24)/t11-,12+/m0/s1. The van der Waals surface area contributed by atoms with Crippen LogP contribution in [0, 0.1) is 0 Å². The molecule has 2 aliphatic rings. The predicted octanol–water partition coefficient (Wildman–Crippen LogP) is 1.87. The van der Waals surface area contributed by atoms with E-state index >= 15 is 0 Å². The van der Waals surface area contributed by atoms with E-state index in [1.54, 1.807) is 26.2 Å². The Morgan fingerprint density at radius 1 is 1.25 bits per heavy atom. The fourth-order valence-electron chi connectivity index (χ4n) is 4.30. The average Bonchev–Trinajstić information content (AvgIpc) is 3.20. The first-order valence-electron chi connectivity index (χ1n) is 10.4. The molecule has 2 atom stereocenters. The third-order valence-corrected chi connectivity index (χ3v) is 8.43. The molecule has 170 valence electrons. The Kier molecular flexibility index (Phi) is 4.61. The van der Waals surface area contributed by atoms with Crippen molar-refractivity contribution in [2.45, 2.75) is 37.6 Å². The number of morpholine rings is 1. The van der Waals surface area contributed by atoms with Crippen molar-refractivity contribution < 1.29 is 17.9 Å². The van der Waals surface area contributed by atoms with Crippen LogP contribution in [0.4, 0.5) is 11.5 Å². The number of anilines is 2. The second kappa shape index (κ2) is 7.04. The van der Waals surface area contributed by atoms with Crippen LogP contribution in [0.2, 0.25) is 0 Å². The second-order valence-electron chi connectivity index (χ2n) is 8.92. The van der Waals surface area contributed by atoms with E-state index in [4.69, 9.17) is 25.2 Å². The Morgan fingerprint density at radius 3 is 2.78 bits per heavy atom. The zero-order chi connectivity index (χ0) is 22.8. The van der Waals surface area contributed by atoms with Crippen molar-refractivity contribution in [3.05, 3.63) is 24.2 Å². The van der Waals surface area contributed by atoms with Crippen LogP contribution in [0.1, 0.15) is 26.5 Å². The van der Waals surface area contributed by atoms with Gasteiger partial charge in [0.05, 0.1) is 42.7 Å². The molecule has 0 unspecified atom stereocenters. The molecule has 1 saturated heterocycles. The molecule has 0 amide bonds. The van der Waals surface area contributed by atoms with Crippen molar-refractivity contribution in [3.63, 3.8) is 0 Å². The van der Waals surface area contributed by atoms with Crippen LogP contribution in [0.3, 0.4) is 0 Å². The summed E-state index contributed by atoms with van der Waals surface area (Å²) >= 11 is 0. The van der Waals surface area contributed by atoms with Crippen LogP contribution >= 0.6 is 0 Å². The maximum Gasteiger partial charge on any atom is 0.185 e. The number of hydrogen-bond acceptors (Lipinski definition) is 9. The minimum absolute atomic E-state index is 0.0229. The van der Waals surface area contributed by atoms with Crippen molar-refractivity contribution in [2.24, 2.45) is 0 Å². The number of aromatic amines is 1. The summed E-state index contributed by atoms with van der Waals surface area (Å²) in [6.07, 6.45) is 4.52. The van der Waals surface area contributed by atoms with Crippen LogP contribution in [-0.2, 0) is 19.3 Å². The third kappa shape index (κ3) is 3.02. The van der Waals surface area contributed by atoms with E-state index in [9.17, 15) is 8.42 Å². The molecule has 0 spiro atoms. The van der Waals surface area contributed by atoms with Gasteiger partial charge in [-0.1, -0.05) is 0 Å². The number of aromatic nitrogens is 4. The number of nitrogens with two attached hydrogens (primary N) is 1. The van der Waals surface area contributed by atoms with E-state index in [1.165, 1.54) is 6.26 Å². The van der Waals surface area contributed by atoms with Gasteiger partial charge in [0.1, 0.15) is 22.7 Å². The van der Waals surface area contributed by atoms with Crippen LogP contribution < -0.4 is 15.4 Å². The maximum atomic E-state index is 12.8. The van der Waals surface area contributed by atoms with Crippen LogP contribution in [0.5, 0.6) is 5.75 Å². The summed E-state index contributed by atoms with van der Waals surface area (Å²) in [7, 11) is -3.54. The molecule has 10 nitrogen and oxygen atoms in total. The molecule has 0 bridgehead atoms. The van der Waals surface area contributed by atoms with Gasteiger partial charge in [0.2, 0.25) is 0 Å². The molecule has 2 aliphatic heterocycles. The number of H-pyrrole nitrogens is 1. The van der Waals surface area contributed by atoms with Crippen molar-refractivity contribution >= 4 is 32.4 Å². The zero-order valence-electron chi connectivity index (χ0n) is 18.4. The number of nitrogens with one attached hydrogen (secondary N) is 1. The Hall–Kier alpha value is -2.92. The predicted molar refractivity (Wildman–Crippen MR) is 121 cm³/mol. The van der Waals surface area contributed by atoms with Gasteiger partial charge in [0, 0.05) is 17.8 Å². The smallest absolute Gasteiger partial charge is 0.185 e. The number of rotatable bonds is 3. The SMILES string of the molecule is C[C@H]1COC[C@@H]2COc3c(nc(-c4c(N)cnc5[nH]ccc45)nc3C(C)(C)S(C)(=O)=O)N21. The van der Waals surface area contributed by atoms with Gasteiger partial charge in [-0.05, 0) is 26.8 Å². The minimum Gasteiger partial charge on any atom is -0.486 e. The van der Waals surface area contributed by atoms with E-state index < -0.39 is 14.6 Å². The van der Waals surface area contributed by atoms with Gasteiger partial charge in [0.15, 0.2) is 27.2 Å². The highest BCUT2D eigenvalue weighted by Gasteiger charge is 2.44. The highest BCUT2D eigenvalue weighted by Crippen LogP contribution is 2.45. The van der Waals surface area contributed by atoms with Crippen LogP contribution in [0.15, 0.2) is 18.5 Å². The number of hydrogen-bond donors (Lipinski definition) is 2. The lowest BCUT2D eigenvalue weighted by Crippen LogP contribution is -2.56. The lowest BCUT2D eigenvalue weighted by atomic mass is 10.0. The first kappa shape index (κ1) is 21.0. The fourth-order valence-corrected chi connectivity index (χ4v) is 4.79. The van der Waals surface area contributed by atoms with Gasteiger partial charge in [-0.2, -0.15) is 0 Å². The van der Waals surface area contributed by atoms with Crippen molar-refractivity contribution in [1.82, 2.24) is 19.9 Å². The molecule has 1 fully saturated rings. The molecular weight excluding hydrogens is 432 g/mol. The largest absolute Gasteiger partial charge is 0.486 e. The van der Waals surface area contributed by atoms with Crippen LogP contribution in [0.25, 0.3) is 22.4 Å². The Bertz CT molecular complexity index is 1320. The number of nitrogen functional groups attached to an aromatic ring is 1. The van der Waals surface area contributed by atoms with Crippen molar-refractivity contribution in [3.8, 4) is 17.1 Å². The Balaban J connectivity index is 1.84. The average molecular weight is 459 g/mol. The second-order valence-corrected chi connectivity index (χ2v) is 11.5. The molecular formula is C21H26N6O4S. The summed E-state index contributed by atoms with van der Waals surface area (Å²) in [4.78, 5) is 19.2. The maximum absolute atomic E-state index is 12.8. The van der Waals surface area contributed by atoms with Crippen LogP contribution in [-0.4, -0.2) is 66.5 Å². The van der Waals surface area contributed by atoms with Gasteiger partial charge in [-0.15, -0.1) is 0 Å². The Morgan fingerprint density at radius 2 is 2.03 bits per heavy atom. The van der Waals surface area contributed by atoms with E-state index in [1.807, 2.05) is 6.07 Å². The van der Waals surface area contributed by atoms with E-state index in [0.717, 1.165) is 5.39 Å². The fraction of sp³-hybridized carbons (Fsp3) is 0.476. The molecule has 32 heavy (non-hydrogen) atoms. The summed E-state index contributed by atoms with van der Waals surface area (Å²) in [5.41, 5.74) is 8.29. The highest BCUT2D eigenvalue weighted by atomic mass is 32.2. The third-order valence-electron chi connectivity index (χ3n) is 6.39. The van der Waals surface area contributed by atoms with Crippen molar-refractivity contribution in [2.75, 3.05) is 36.7 Å². The summed E-state index contributed by atoms with van der Waals surface area (Å²) < 4.78 is 36.0. The lowest BCUT2D eigenvalue weighted by Gasteiger charge is -2.45. The molecule has 0 aromatic carbocycles. The summed E-state index contributed by atoms with van der Waals surface area (Å²) in [5.74, 6) is 1.30. The van der Waals surface area contributed by atoms with Gasteiger partial charge in [-0.3, -0.25) is 0 Å². The molecule has 0 radical (unpaired) electrons. The monoisotopic (exact) mass is 458 g/mol. The first-order chi connectivity index (χ1) is 15.1. The molecule has 5 heterocycles. The molecule has 0 saturated carbocycles. The van der Waals surface area contributed by atoms with E-state index in [2.05, 4.69) is 21.8 Å². The van der Waals surface area contributed by atoms with Gasteiger partial charge < -0.3 is 25.1 Å². The normalized spacial score (nSPS) is 21.2. The van der Waals surface area contributed by atoms with Crippen molar-refractivity contribution in [1.29, 1.82) is 0 Å². The quantitative estimate of drug-likeness (QED) is 0.602. The molecule has 5 rings (SSSR count). The molecule has 11 heteroatoms. The van der Waals surface area contributed by atoms with E-state index in [0.29, 0.717) is 59.8 Å². The topological polar surface area (TPSA) is 136 Å². The number of ether oxygens (including phenoxy) is 2. The number of fused-ring (bicyclic) bond motifs is 4. The van der Waals surface area contributed by atoms with E-state index in [-0.39, 0.29) is 12.1 Å². The molecule has 3 aromatic heterocycles. The lowest BCUT2D eigenvalue weighted by molar-refractivity contribution is 0.0482. The summed E-state index contributed by atoms with van der Waals surface area (Å²) in [6, 6.07) is 1.87. The van der Waals surface area contributed by atoms with Gasteiger partial charge in [-0.25, -0.2) is 23.4 Å². The summed E-state index contributed by atoms with van der Waals surface area (Å²) in [5, 5.41) is 0.761. The summed E-state index contributed by atoms with van der Waals surface area (Å²) in [6.45, 7) is 6.73. The molecule has 0 aliphatic carbocycles. The zero-order valence-corrected chi connectivity index (χ0v) is 19.2. The number of nitrogens with zero attached hydrogens (tertiary/aromatic N) is 4. The minimum atomic E-state index is -3.54. The highest BCUT2D eigenvalue weighted by molar-refractivity contribution is 7.91. The number of pyridine rings is 1. The van der Waals surface area contributed by atoms with Gasteiger partial charge >= 0.3 is 0 Å². The Labute approximate surface area is 186 Å².